The Kier molecular flexibility index (Phi) is 7.34. The van der Waals surface area contributed by atoms with Gasteiger partial charge in [0.05, 0.1) is 17.8 Å². The molecule has 0 spiro atoms. The maximum absolute atomic E-state index is 5.78. The molecule has 0 fully saturated rings. The molecule has 0 saturated carbocycles. The van der Waals surface area contributed by atoms with Crippen molar-refractivity contribution in [2.24, 2.45) is 5.73 Å². The lowest BCUT2D eigenvalue weighted by Crippen LogP contribution is -2.18. The number of rotatable bonds is 4. The molecule has 2 N–H and O–H groups in total. The summed E-state index contributed by atoms with van der Waals surface area (Å²) in [6, 6.07) is 4.07. The smallest absolute Gasteiger partial charge is 0.132 e. The molecule has 92 valence electrons. The van der Waals surface area contributed by atoms with Gasteiger partial charge < -0.3 is 15.2 Å². The van der Waals surface area contributed by atoms with E-state index in [4.69, 9.17) is 15.2 Å². The molecule has 0 amide bonds. The number of ether oxygens (including phenoxy) is 2. The second kappa shape index (κ2) is 7.34. The van der Waals surface area contributed by atoms with Crippen molar-refractivity contribution in [3.05, 3.63) is 21.3 Å². The first-order valence-electron chi connectivity index (χ1n) is 4.74. The summed E-state index contributed by atoms with van der Waals surface area (Å²) in [7, 11) is 3.34. The van der Waals surface area contributed by atoms with Gasteiger partial charge in [-0.05, 0) is 53.6 Å². The van der Waals surface area contributed by atoms with Crippen molar-refractivity contribution in [3.63, 3.8) is 0 Å². The van der Waals surface area contributed by atoms with Crippen LogP contribution in [0.4, 0.5) is 0 Å². The first-order valence-corrected chi connectivity index (χ1v) is 5.82. The normalized spacial score (nSPS) is 11.6. The zero-order valence-corrected chi connectivity index (χ0v) is 13.5. The van der Waals surface area contributed by atoms with Crippen molar-refractivity contribution in [1.82, 2.24) is 0 Å². The lowest BCUT2D eigenvalue weighted by atomic mass is 10.1. The molecule has 0 aliphatic rings. The van der Waals surface area contributed by atoms with Crippen LogP contribution in [0.3, 0.4) is 0 Å². The Hall–Kier alpha value is -0.0100. The Balaban J connectivity index is 0.00000225. The number of benzene rings is 1. The molecular formula is C11H17BrINO2. The van der Waals surface area contributed by atoms with Crippen LogP contribution < -0.4 is 15.2 Å². The highest BCUT2D eigenvalue weighted by atomic mass is 127. The highest BCUT2D eigenvalue weighted by molar-refractivity contribution is 14.1. The molecular weight excluding hydrogens is 385 g/mol. The van der Waals surface area contributed by atoms with Crippen LogP contribution in [0.25, 0.3) is 0 Å². The largest absolute Gasteiger partial charge is 0.496 e. The minimum Gasteiger partial charge on any atom is -0.496 e. The van der Waals surface area contributed by atoms with E-state index in [9.17, 15) is 0 Å². The number of hydrogen-bond acceptors (Lipinski definition) is 3. The number of hydrogen-bond donors (Lipinski definition) is 1. The second-order valence-corrected chi connectivity index (χ2v) is 4.64. The van der Waals surface area contributed by atoms with Gasteiger partial charge in [-0.3, -0.25) is 0 Å². The van der Waals surface area contributed by atoms with Gasteiger partial charge in [-0.1, -0.05) is 0 Å². The number of nitrogens with two attached hydrogens (primary N) is 1. The maximum Gasteiger partial charge on any atom is 0.132 e. The number of halogens is 2. The zero-order valence-electron chi connectivity index (χ0n) is 9.62. The first kappa shape index (κ1) is 16.0. The molecule has 0 radical (unpaired) electrons. The average Bonchev–Trinajstić information content (AvgIpc) is 2.19. The van der Waals surface area contributed by atoms with Crippen molar-refractivity contribution < 1.29 is 9.47 Å². The van der Waals surface area contributed by atoms with Crippen LogP contribution in [0.15, 0.2) is 12.1 Å². The van der Waals surface area contributed by atoms with E-state index in [-0.39, 0.29) is 23.0 Å². The summed E-state index contributed by atoms with van der Waals surface area (Å²) in [5, 5.41) is 0. The summed E-state index contributed by atoms with van der Waals surface area (Å²) in [5.41, 5.74) is 6.87. The Morgan fingerprint density at radius 2 is 1.81 bits per heavy atom. The summed E-state index contributed by atoms with van der Waals surface area (Å²) >= 11 is 2.22. The van der Waals surface area contributed by atoms with E-state index >= 15 is 0 Å². The van der Waals surface area contributed by atoms with Crippen LogP contribution in [0, 0.1) is 3.57 Å². The van der Waals surface area contributed by atoms with Gasteiger partial charge in [0.1, 0.15) is 11.5 Å². The molecule has 0 bridgehead atoms. The van der Waals surface area contributed by atoms with Crippen LogP contribution in [0.1, 0.15) is 12.5 Å². The van der Waals surface area contributed by atoms with Gasteiger partial charge in [-0.15, -0.1) is 17.0 Å². The lowest BCUT2D eigenvalue weighted by molar-refractivity contribution is 0.395. The summed E-state index contributed by atoms with van der Waals surface area (Å²) in [6.45, 7) is 1.98. The van der Waals surface area contributed by atoms with Crippen molar-refractivity contribution in [1.29, 1.82) is 0 Å². The topological polar surface area (TPSA) is 44.5 Å². The van der Waals surface area contributed by atoms with Crippen molar-refractivity contribution in [2.45, 2.75) is 19.4 Å². The van der Waals surface area contributed by atoms with Crippen molar-refractivity contribution in [2.75, 3.05) is 14.2 Å². The summed E-state index contributed by atoms with van der Waals surface area (Å²) in [4.78, 5) is 0. The fraction of sp³-hybridized carbons (Fsp3) is 0.455. The van der Waals surface area contributed by atoms with Gasteiger partial charge in [0, 0.05) is 6.04 Å². The molecule has 1 aromatic carbocycles. The van der Waals surface area contributed by atoms with Gasteiger partial charge in [-0.25, -0.2) is 0 Å². The van der Waals surface area contributed by atoms with E-state index in [1.165, 1.54) is 0 Å². The molecule has 0 saturated heterocycles. The molecule has 5 heteroatoms. The number of methoxy groups -OCH3 is 2. The van der Waals surface area contributed by atoms with Gasteiger partial charge in [0.25, 0.3) is 0 Å². The van der Waals surface area contributed by atoms with Gasteiger partial charge >= 0.3 is 0 Å². The maximum atomic E-state index is 5.78. The molecule has 0 heterocycles. The van der Waals surface area contributed by atoms with E-state index in [1.54, 1.807) is 14.2 Å². The van der Waals surface area contributed by atoms with Crippen LogP contribution in [0.5, 0.6) is 11.5 Å². The molecule has 3 nitrogen and oxygen atoms in total. The lowest BCUT2D eigenvalue weighted by Gasteiger charge is -2.13. The highest BCUT2D eigenvalue weighted by Gasteiger charge is 2.10. The predicted molar refractivity (Wildman–Crippen MR) is 79.9 cm³/mol. The molecule has 0 aliphatic carbocycles. The Morgan fingerprint density at radius 1 is 1.25 bits per heavy atom. The SMILES string of the molecule is Br.COc1cc(C[C@@H](C)N)c(OC)cc1I. The third-order valence-electron chi connectivity index (χ3n) is 2.10. The van der Waals surface area contributed by atoms with Crippen molar-refractivity contribution in [3.8, 4) is 11.5 Å². The minimum atomic E-state index is 0. The molecule has 1 rings (SSSR count). The van der Waals surface area contributed by atoms with Crippen LogP contribution in [0.2, 0.25) is 0 Å². The van der Waals surface area contributed by atoms with E-state index in [2.05, 4.69) is 22.6 Å². The summed E-state index contributed by atoms with van der Waals surface area (Å²) < 4.78 is 11.6. The van der Waals surface area contributed by atoms with Crippen LogP contribution in [-0.2, 0) is 6.42 Å². The van der Waals surface area contributed by atoms with Gasteiger partial charge in [0.2, 0.25) is 0 Å². The van der Waals surface area contributed by atoms with Crippen LogP contribution >= 0.6 is 39.6 Å². The van der Waals surface area contributed by atoms with E-state index in [0.29, 0.717) is 0 Å². The van der Waals surface area contributed by atoms with Gasteiger partial charge in [0.15, 0.2) is 0 Å². The highest BCUT2D eigenvalue weighted by Crippen LogP contribution is 2.30. The standard InChI is InChI=1S/C11H16INO2.BrH/c1-7(13)4-8-5-11(15-3)9(12)6-10(8)14-2;/h5-7H,4,13H2,1-3H3;1H/t7-;/m1./s1. The predicted octanol–water partition coefficient (Wildman–Crippen LogP) is 2.78. The Labute approximate surface area is 121 Å². The van der Waals surface area contributed by atoms with E-state index < -0.39 is 0 Å². The molecule has 1 atom stereocenters. The monoisotopic (exact) mass is 401 g/mol. The quantitative estimate of drug-likeness (QED) is 0.789. The van der Waals surface area contributed by atoms with Crippen molar-refractivity contribution >= 4 is 39.6 Å². The average molecular weight is 402 g/mol. The van der Waals surface area contributed by atoms with E-state index in [1.807, 2.05) is 19.1 Å². The minimum absolute atomic E-state index is 0. The third-order valence-corrected chi connectivity index (χ3v) is 2.94. The third kappa shape index (κ3) is 4.10. The molecule has 0 unspecified atom stereocenters. The van der Waals surface area contributed by atoms with Gasteiger partial charge in [-0.2, -0.15) is 0 Å². The first-order chi connectivity index (χ1) is 7.08. The molecule has 1 aromatic rings. The summed E-state index contributed by atoms with van der Waals surface area (Å²) in [6.07, 6.45) is 0.788. The second-order valence-electron chi connectivity index (χ2n) is 3.48. The molecule has 0 aromatic heterocycles. The fourth-order valence-corrected chi connectivity index (χ4v) is 2.09. The molecule has 16 heavy (non-hydrogen) atoms. The Bertz CT molecular complexity index is 345. The zero-order chi connectivity index (χ0) is 11.4. The summed E-state index contributed by atoms with van der Waals surface area (Å²) in [5.74, 6) is 1.74. The Morgan fingerprint density at radius 3 is 2.25 bits per heavy atom. The van der Waals surface area contributed by atoms with E-state index in [0.717, 1.165) is 27.1 Å². The fourth-order valence-electron chi connectivity index (χ4n) is 1.43. The van der Waals surface area contributed by atoms with Crippen LogP contribution in [-0.4, -0.2) is 20.3 Å². The molecule has 0 aliphatic heterocycles.